The molecule has 0 radical (unpaired) electrons. The van der Waals surface area contributed by atoms with Crippen LogP contribution < -0.4 is 15.0 Å². The number of nitrogens with zero attached hydrogens (tertiary/aromatic N) is 1. The van der Waals surface area contributed by atoms with Gasteiger partial charge in [0.15, 0.2) is 9.84 Å². The first kappa shape index (κ1) is 33.3. The van der Waals surface area contributed by atoms with Crippen molar-refractivity contribution in [1.82, 2.24) is 5.32 Å². The molecule has 0 aliphatic carbocycles. The van der Waals surface area contributed by atoms with Gasteiger partial charge in [0, 0.05) is 24.3 Å². The Morgan fingerprint density at radius 1 is 1.02 bits per heavy atom. The number of rotatable bonds is 13. The predicted octanol–water partition coefficient (Wildman–Crippen LogP) is 5.42. The van der Waals surface area contributed by atoms with Gasteiger partial charge in [0.25, 0.3) is 5.91 Å². The minimum atomic E-state index is -4.42. The van der Waals surface area contributed by atoms with Crippen LogP contribution in [0.2, 0.25) is 0 Å². The molecule has 12 heteroatoms. The van der Waals surface area contributed by atoms with E-state index in [1.807, 2.05) is 6.92 Å². The summed E-state index contributed by atoms with van der Waals surface area (Å²) in [4.78, 5) is 15.3. The van der Waals surface area contributed by atoms with Gasteiger partial charge in [0.05, 0.1) is 48.1 Å². The largest absolute Gasteiger partial charge is 0.489 e. The molecule has 0 unspecified atom stereocenters. The average molecular weight is 635 g/mol. The summed E-state index contributed by atoms with van der Waals surface area (Å²) in [5, 5.41) is 12.7. The number of halogens is 3. The number of aliphatic hydroxyl groups is 1. The van der Waals surface area contributed by atoms with Crippen molar-refractivity contribution < 1.29 is 41.0 Å². The minimum Gasteiger partial charge on any atom is -0.489 e. The first-order chi connectivity index (χ1) is 20.9. The number of amides is 1. The Bertz CT molecular complexity index is 1480. The molecule has 1 amide bonds. The maximum atomic E-state index is 13.0. The smallest absolute Gasteiger partial charge is 0.416 e. The van der Waals surface area contributed by atoms with Gasteiger partial charge in [-0.05, 0) is 72.6 Å². The van der Waals surface area contributed by atoms with Crippen molar-refractivity contribution in [3.05, 3.63) is 89.5 Å². The summed E-state index contributed by atoms with van der Waals surface area (Å²) in [5.74, 6) is -0.0852. The van der Waals surface area contributed by atoms with Gasteiger partial charge in [-0.2, -0.15) is 13.2 Å². The van der Waals surface area contributed by atoms with E-state index < -0.39 is 33.5 Å². The zero-order valence-electron chi connectivity index (χ0n) is 24.6. The fourth-order valence-corrected chi connectivity index (χ4v) is 5.95. The Morgan fingerprint density at radius 2 is 1.68 bits per heavy atom. The van der Waals surface area contributed by atoms with Gasteiger partial charge in [-0.15, -0.1) is 0 Å². The van der Waals surface area contributed by atoms with E-state index in [0.717, 1.165) is 24.2 Å². The maximum absolute atomic E-state index is 13.0. The third kappa shape index (κ3) is 8.30. The average Bonchev–Trinajstić information content (AvgIpc) is 3.42. The molecule has 0 saturated carbocycles. The van der Waals surface area contributed by atoms with Gasteiger partial charge < -0.3 is 24.8 Å². The molecule has 0 bridgehead atoms. The Labute approximate surface area is 255 Å². The number of alkyl halides is 3. The number of benzene rings is 3. The van der Waals surface area contributed by atoms with Crippen LogP contribution in [-0.2, 0) is 20.8 Å². The van der Waals surface area contributed by atoms with E-state index in [-0.39, 0.29) is 29.4 Å². The van der Waals surface area contributed by atoms with E-state index in [2.05, 4.69) is 10.2 Å². The Hall–Kier alpha value is -3.61. The quantitative estimate of drug-likeness (QED) is 0.242. The molecule has 1 saturated heterocycles. The van der Waals surface area contributed by atoms with E-state index in [0.29, 0.717) is 43.1 Å². The van der Waals surface area contributed by atoms with E-state index in [1.165, 1.54) is 24.3 Å². The molecular formula is C32H37F3N2O6S. The lowest BCUT2D eigenvalue weighted by atomic mass is 10.1. The molecule has 1 fully saturated rings. The molecule has 44 heavy (non-hydrogen) atoms. The third-order valence-corrected chi connectivity index (χ3v) is 9.24. The van der Waals surface area contributed by atoms with E-state index in [1.54, 1.807) is 43.3 Å². The number of hydrogen-bond acceptors (Lipinski definition) is 7. The molecule has 3 aromatic rings. The number of anilines is 1. The number of hydrogen-bond donors (Lipinski definition) is 2. The fraction of sp³-hybridized carbons (Fsp3) is 0.406. The number of carbonyl (C=O) groups is 1. The molecule has 238 valence electrons. The van der Waals surface area contributed by atoms with Gasteiger partial charge in [-0.25, -0.2) is 8.42 Å². The highest BCUT2D eigenvalue weighted by Crippen LogP contribution is 2.32. The lowest BCUT2D eigenvalue weighted by Gasteiger charge is -2.26. The SMILES string of the molecule is CCCOC[C@@H]1C[C@@H](Oc2ccc(C(F)(F)F)cc2)CN1c1ccc(C(=O)N[C@@H](CO)c2ccc(S(=O)(=O)CC)cc2)cc1. The van der Waals surface area contributed by atoms with Crippen LogP contribution in [-0.4, -0.2) is 63.7 Å². The van der Waals surface area contributed by atoms with Crippen molar-refractivity contribution in [2.75, 3.05) is 37.0 Å². The summed E-state index contributed by atoms with van der Waals surface area (Å²) in [6, 6.07) is 16.9. The topological polar surface area (TPSA) is 105 Å². The second kappa shape index (κ2) is 14.4. The molecule has 1 aliphatic heterocycles. The van der Waals surface area contributed by atoms with Crippen molar-refractivity contribution >= 4 is 21.4 Å². The summed E-state index contributed by atoms with van der Waals surface area (Å²) in [5.41, 5.74) is 1.03. The Kier molecular flexibility index (Phi) is 10.9. The predicted molar refractivity (Wildman–Crippen MR) is 161 cm³/mol. The summed E-state index contributed by atoms with van der Waals surface area (Å²) >= 11 is 0. The maximum Gasteiger partial charge on any atom is 0.416 e. The van der Waals surface area contributed by atoms with Crippen LogP contribution in [0.25, 0.3) is 0 Å². The fourth-order valence-electron chi connectivity index (χ4n) is 5.07. The zero-order chi connectivity index (χ0) is 31.9. The molecule has 3 aromatic carbocycles. The summed E-state index contributed by atoms with van der Waals surface area (Å²) < 4.78 is 74.9. The highest BCUT2D eigenvalue weighted by atomic mass is 32.2. The van der Waals surface area contributed by atoms with E-state index >= 15 is 0 Å². The van der Waals surface area contributed by atoms with Gasteiger partial charge in [0.1, 0.15) is 11.9 Å². The molecule has 4 rings (SSSR count). The van der Waals surface area contributed by atoms with Gasteiger partial charge in [-0.1, -0.05) is 26.0 Å². The van der Waals surface area contributed by atoms with E-state index in [9.17, 15) is 31.5 Å². The molecular weight excluding hydrogens is 597 g/mol. The van der Waals surface area contributed by atoms with Crippen LogP contribution in [0.3, 0.4) is 0 Å². The van der Waals surface area contributed by atoms with E-state index in [4.69, 9.17) is 9.47 Å². The van der Waals surface area contributed by atoms with Crippen LogP contribution in [0.1, 0.15) is 54.2 Å². The van der Waals surface area contributed by atoms with Gasteiger partial charge in [-0.3, -0.25) is 4.79 Å². The summed E-state index contributed by atoms with van der Waals surface area (Å²) in [7, 11) is -3.37. The lowest BCUT2D eigenvalue weighted by molar-refractivity contribution is -0.137. The summed E-state index contributed by atoms with van der Waals surface area (Å²) in [6.45, 7) is 4.71. The van der Waals surface area contributed by atoms with Gasteiger partial charge in [0.2, 0.25) is 0 Å². The van der Waals surface area contributed by atoms with Crippen LogP contribution in [0.5, 0.6) is 5.75 Å². The van der Waals surface area contributed by atoms with Crippen LogP contribution in [0, 0.1) is 0 Å². The second-order valence-corrected chi connectivity index (χ2v) is 12.9. The standard InChI is InChI=1S/C32H37F3N2O6S/c1-3-17-42-21-26-18-28(43-27-13-9-24(10-14-27)32(33,34)35)19-37(26)25-11-5-23(6-12-25)31(39)36-30(20-38)22-7-15-29(16-8-22)44(40,41)4-2/h5-16,26,28,30,38H,3-4,17-21H2,1-2H3,(H,36,39)/t26-,28+,30-/m0/s1. The minimum absolute atomic E-state index is 0.0285. The number of aliphatic hydroxyl groups excluding tert-OH is 1. The number of carbonyl (C=O) groups excluding carboxylic acids is 1. The molecule has 0 aromatic heterocycles. The first-order valence-electron chi connectivity index (χ1n) is 14.5. The Balaban J connectivity index is 1.43. The van der Waals surface area contributed by atoms with Crippen LogP contribution in [0.4, 0.5) is 18.9 Å². The molecule has 0 spiro atoms. The highest BCUT2D eigenvalue weighted by molar-refractivity contribution is 7.91. The summed E-state index contributed by atoms with van der Waals surface area (Å²) in [6.07, 6.45) is -3.24. The first-order valence-corrected chi connectivity index (χ1v) is 16.1. The van der Waals surface area contributed by atoms with Crippen molar-refractivity contribution in [2.45, 2.75) is 55.9 Å². The molecule has 1 aliphatic rings. The van der Waals surface area contributed by atoms with Gasteiger partial charge >= 0.3 is 6.18 Å². The van der Waals surface area contributed by atoms with Crippen molar-refractivity contribution in [1.29, 1.82) is 0 Å². The highest BCUT2D eigenvalue weighted by Gasteiger charge is 2.34. The second-order valence-electron chi connectivity index (χ2n) is 10.6. The molecule has 2 N–H and O–H groups in total. The number of nitrogens with one attached hydrogen (secondary N) is 1. The van der Waals surface area contributed by atoms with Crippen molar-refractivity contribution in [2.24, 2.45) is 0 Å². The zero-order valence-corrected chi connectivity index (χ0v) is 25.4. The van der Waals surface area contributed by atoms with Crippen LogP contribution >= 0.6 is 0 Å². The molecule has 8 nitrogen and oxygen atoms in total. The van der Waals surface area contributed by atoms with Crippen molar-refractivity contribution in [3.63, 3.8) is 0 Å². The normalized spacial score (nSPS) is 17.8. The Morgan fingerprint density at radius 3 is 2.25 bits per heavy atom. The number of ether oxygens (including phenoxy) is 2. The number of sulfone groups is 1. The molecule has 1 heterocycles. The lowest BCUT2D eigenvalue weighted by Crippen LogP contribution is -2.34. The monoisotopic (exact) mass is 634 g/mol. The third-order valence-electron chi connectivity index (χ3n) is 7.49. The van der Waals surface area contributed by atoms with Crippen LogP contribution in [0.15, 0.2) is 77.7 Å². The van der Waals surface area contributed by atoms with Crippen molar-refractivity contribution in [3.8, 4) is 5.75 Å². The molecule has 3 atom stereocenters.